The number of hydrogen-bond acceptors (Lipinski definition) is 3. The number of carboxylic acid groups (broad SMARTS) is 1. The Labute approximate surface area is 95.3 Å². The van der Waals surface area contributed by atoms with E-state index in [-0.39, 0.29) is 6.10 Å². The Balaban J connectivity index is 1.84. The maximum atomic E-state index is 10.8. The lowest BCUT2D eigenvalue weighted by molar-refractivity contribution is -0.146. The van der Waals surface area contributed by atoms with Gasteiger partial charge in [-0.25, -0.2) is 4.79 Å². The lowest BCUT2D eigenvalue weighted by atomic mass is 9.92. The average molecular weight is 229 g/mol. The summed E-state index contributed by atoms with van der Waals surface area (Å²) in [5, 5.41) is 8.84. The predicted molar refractivity (Wildman–Crippen MR) is 57.2 cm³/mol. The van der Waals surface area contributed by atoms with E-state index < -0.39 is 11.9 Å². The van der Waals surface area contributed by atoms with Gasteiger partial charge in [0.2, 0.25) is 0 Å². The Morgan fingerprint density at radius 2 is 2.00 bits per heavy atom. The average Bonchev–Trinajstić information content (AvgIpc) is 2.59. The van der Waals surface area contributed by atoms with E-state index in [4.69, 9.17) is 14.6 Å². The van der Waals surface area contributed by atoms with Gasteiger partial charge in [0, 0.05) is 13.1 Å². The standard InChI is InChI=1S/C11H19NO4/c1-11(2)15-7-9(16-11)8-3-5-12(6-4-8)10(13)14/h8-9H,3-7H2,1-2H3,(H,13,14)/t9-/m1/s1. The van der Waals surface area contributed by atoms with Crippen molar-refractivity contribution < 1.29 is 19.4 Å². The van der Waals surface area contributed by atoms with Crippen molar-refractivity contribution in [3.63, 3.8) is 0 Å². The molecule has 2 aliphatic heterocycles. The van der Waals surface area contributed by atoms with Crippen molar-refractivity contribution in [2.24, 2.45) is 5.92 Å². The first kappa shape index (κ1) is 11.7. The first-order valence-corrected chi connectivity index (χ1v) is 5.77. The first-order valence-electron chi connectivity index (χ1n) is 5.77. The van der Waals surface area contributed by atoms with Gasteiger partial charge in [-0.15, -0.1) is 0 Å². The smallest absolute Gasteiger partial charge is 0.407 e. The SMILES string of the molecule is CC1(C)OC[C@H](C2CCN(C(=O)O)CC2)O1. The van der Waals surface area contributed by atoms with Crippen molar-refractivity contribution in [3.8, 4) is 0 Å². The summed E-state index contributed by atoms with van der Waals surface area (Å²) >= 11 is 0. The van der Waals surface area contributed by atoms with E-state index in [1.54, 1.807) is 0 Å². The molecule has 1 atom stereocenters. The highest BCUT2D eigenvalue weighted by molar-refractivity contribution is 5.64. The van der Waals surface area contributed by atoms with E-state index in [0.29, 0.717) is 25.6 Å². The van der Waals surface area contributed by atoms with Crippen molar-refractivity contribution in [3.05, 3.63) is 0 Å². The molecule has 0 unspecified atom stereocenters. The van der Waals surface area contributed by atoms with Gasteiger partial charge < -0.3 is 19.5 Å². The maximum absolute atomic E-state index is 10.8. The Bertz CT molecular complexity index is 271. The van der Waals surface area contributed by atoms with Crippen LogP contribution in [0.15, 0.2) is 0 Å². The van der Waals surface area contributed by atoms with E-state index in [1.807, 2.05) is 13.8 Å². The van der Waals surface area contributed by atoms with Crippen LogP contribution in [0.5, 0.6) is 0 Å². The first-order chi connectivity index (χ1) is 7.48. The number of amides is 1. The van der Waals surface area contributed by atoms with Crippen LogP contribution < -0.4 is 0 Å². The van der Waals surface area contributed by atoms with Crippen LogP contribution in [-0.2, 0) is 9.47 Å². The van der Waals surface area contributed by atoms with E-state index in [2.05, 4.69) is 0 Å². The number of hydrogen-bond donors (Lipinski definition) is 1. The number of ether oxygens (including phenoxy) is 2. The van der Waals surface area contributed by atoms with Gasteiger partial charge in [0.25, 0.3) is 0 Å². The third-order valence-electron chi connectivity index (χ3n) is 3.37. The van der Waals surface area contributed by atoms with Gasteiger partial charge in [-0.3, -0.25) is 0 Å². The summed E-state index contributed by atoms with van der Waals surface area (Å²) in [6, 6.07) is 0. The zero-order valence-corrected chi connectivity index (χ0v) is 9.81. The molecule has 0 aromatic carbocycles. The molecule has 0 aliphatic carbocycles. The molecule has 1 N–H and O–H groups in total. The summed E-state index contributed by atoms with van der Waals surface area (Å²) in [5.74, 6) is -0.0495. The highest BCUT2D eigenvalue weighted by atomic mass is 16.7. The summed E-state index contributed by atoms with van der Waals surface area (Å²) in [4.78, 5) is 12.2. The van der Waals surface area contributed by atoms with Crippen LogP contribution in [0, 0.1) is 5.92 Å². The predicted octanol–water partition coefficient (Wildman–Crippen LogP) is 1.53. The summed E-state index contributed by atoms with van der Waals surface area (Å²) in [7, 11) is 0. The van der Waals surface area contributed by atoms with Crippen molar-refractivity contribution in [1.82, 2.24) is 4.90 Å². The Morgan fingerprint density at radius 1 is 1.38 bits per heavy atom. The number of nitrogens with zero attached hydrogens (tertiary/aromatic N) is 1. The molecule has 0 radical (unpaired) electrons. The molecule has 16 heavy (non-hydrogen) atoms. The van der Waals surface area contributed by atoms with Gasteiger partial charge >= 0.3 is 6.09 Å². The maximum Gasteiger partial charge on any atom is 0.407 e. The molecule has 0 saturated carbocycles. The van der Waals surface area contributed by atoms with Crippen molar-refractivity contribution in [2.45, 2.75) is 38.6 Å². The van der Waals surface area contributed by atoms with Crippen LogP contribution >= 0.6 is 0 Å². The Kier molecular flexibility index (Phi) is 3.08. The molecule has 0 bridgehead atoms. The minimum absolute atomic E-state index is 0.131. The van der Waals surface area contributed by atoms with Crippen molar-refractivity contribution >= 4 is 6.09 Å². The number of piperidine rings is 1. The second-order valence-corrected chi connectivity index (χ2v) is 4.97. The highest BCUT2D eigenvalue weighted by Gasteiger charge is 2.38. The Hall–Kier alpha value is -0.810. The molecule has 1 amide bonds. The fourth-order valence-corrected chi connectivity index (χ4v) is 2.41. The van der Waals surface area contributed by atoms with E-state index in [0.717, 1.165) is 12.8 Å². The monoisotopic (exact) mass is 229 g/mol. The van der Waals surface area contributed by atoms with Gasteiger partial charge in [-0.1, -0.05) is 0 Å². The highest BCUT2D eigenvalue weighted by Crippen LogP contribution is 2.31. The quantitative estimate of drug-likeness (QED) is 0.740. The molecule has 92 valence electrons. The summed E-state index contributed by atoms with van der Waals surface area (Å²) < 4.78 is 11.3. The molecule has 5 nitrogen and oxygen atoms in total. The second-order valence-electron chi connectivity index (χ2n) is 4.97. The molecule has 2 fully saturated rings. The summed E-state index contributed by atoms with van der Waals surface area (Å²) in [6.45, 7) is 5.68. The summed E-state index contributed by atoms with van der Waals surface area (Å²) in [6.07, 6.45) is 1.06. The van der Waals surface area contributed by atoms with Crippen LogP contribution in [0.3, 0.4) is 0 Å². The van der Waals surface area contributed by atoms with Gasteiger partial charge in [-0.2, -0.15) is 0 Å². The topological polar surface area (TPSA) is 59.0 Å². The number of carbonyl (C=O) groups is 1. The van der Waals surface area contributed by atoms with Crippen LogP contribution in [0.1, 0.15) is 26.7 Å². The Morgan fingerprint density at radius 3 is 2.44 bits per heavy atom. The third kappa shape index (κ3) is 2.47. The van der Waals surface area contributed by atoms with E-state index in [9.17, 15) is 4.79 Å². The largest absolute Gasteiger partial charge is 0.465 e. The molecule has 0 spiro atoms. The van der Waals surface area contributed by atoms with Crippen molar-refractivity contribution in [1.29, 1.82) is 0 Å². The molecule has 5 heteroatoms. The number of likely N-dealkylation sites (tertiary alicyclic amines) is 1. The molecule has 0 aromatic heterocycles. The molecule has 2 saturated heterocycles. The van der Waals surface area contributed by atoms with Gasteiger partial charge in [0.05, 0.1) is 12.7 Å². The third-order valence-corrected chi connectivity index (χ3v) is 3.37. The molecule has 2 rings (SSSR count). The second kappa shape index (κ2) is 4.22. The van der Waals surface area contributed by atoms with Crippen LogP contribution in [0.4, 0.5) is 4.79 Å². The summed E-state index contributed by atoms with van der Waals surface area (Å²) in [5.41, 5.74) is 0. The molecule has 2 aliphatic rings. The van der Waals surface area contributed by atoms with Crippen molar-refractivity contribution in [2.75, 3.05) is 19.7 Å². The zero-order chi connectivity index (χ0) is 11.8. The minimum atomic E-state index is -0.817. The normalized spacial score (nSPS) is 30.6. The lowest BCUT2D eigenvalue weighted by Gasteiger charge is -2.32. The molecule has 0 aromatic rings. The van der Waals surface area contributed by atoms with Gasteiger partial charge in [0.1, 0.15) is 0 Å². The van der Waals surface area contributed by atoms with Crippen LogP contribution in [0.2, 0.25) is 0 Å². The molecule has 2 heterocycles. The fourth-order valence-electron chi connectivity index (χ4n) is 2.41. The lowest BCUT2D eigenvalue weighted by Crippen LogP contribution is -2.41. The molecular weight excluding hydrogens is 210 g/mol. The van der Waals surface area contributed by atoms with Gasteiger partial charge in [0.15, 0.2) is 5.79 Å². The minimum Gasteiger partial charge on any atom is -0.465 e. The molecular formula is C11H19NO4. The number of rotatable bonds is 1. The fraction of sp³-hybridized carbons (Fsp3) is 0.909. The van der Waals surface area contributed by atoms with Crippen LogP contribution in [0.25, 0.3) is 0 Å². The van der Waals surface area contributed by atoms with Gasteiger partial charge in [-0.05, 0) is 32.6 Å². The van der Waals surface area contributed by atoms with E-state index >= 15 is 0 Å². The van der Waals surface area contributed by atoms with Crippen LogP contribution in [-0.4, -0.2) is 47.7 Å². The zero-order valence-electron chi connectivity index (χ0n) is 9.81. The van der Waals surface area contributed by atoms with E-state index in [1.165, 1.54) is 4.90 Å².